The summed E-state index contributed by atoms with van der Waals surface area (Å²) in [6.45, 7) is 2.17. The van der Waals surface area contributed by atoms with Crippen molar-refractivity contribution >= 4 is 28.2 Å². The van der Waals surface area contributed by atoms with Gasteiger partial charge in [0, 0.05) is 12.6 Å². The third-order valence-electron chi connectivity index (χ3n) is 3.43. The molecule has 0 aromatic carbocycles. The molecule has 1 aliphatic rings. The van der Waals surface area contributed by atoms with Gasteiger partial charge in [-0.15, -0.1) is 0 Å². The van der Waals surface area contributed by atoms with E-state index >= 15 is 0 Å². The monoisotopic (exact) mass is 298 g/mol. The van der Waals surface area contributed by atoms with Crippen LogP contribution in [-0.4, -0.2) is 39.4 Å². The van der Waals surface area contributed by atoms with Gasteiger partial charge in [0.25, 0.3) is 5.91 Å². The molecule has 1 saturated heterocycles. The number of carbonyl (C=O) groups is 2. The highest BCUT2D eigenvalue weighted by Crippen LogP contribution is 2.29. The summed E-state index contributed by atoms with van der Waals surface area (Å²) >= 11 is 0.774. The number of piperidine rings is 1. The Kier molecular flexibility index (Phi) is 4.03. The number of hydrogen-bond donors (Lipinski definition) is 1. The van der Waals surface area contributed by atoms with Crippen LogP contribution in [0.25, 0.3) is 0 Å². The highest BCUT2D eigenvalue weighted by atomic mass is 32.1. The number of nitro groups is 1. The van der Waals surface area contributed by atoms with E-state index in [2.05, 4.69) is 0 Å². The maximum atomic E-state index is 12.3. The molecule has 0 spiro atoms. The molecule has 20 heavy (non-hydrogen) atoms. The third-order valence-corrected chi connectivity index (χ3v) is 4.45. The Morgan fingerprint density at radius 3 is 2.75 bits per heavy atom. The zero-order valence-corrected chi connectivity index (χ0v) is 11.6. The molecule has 1 aliphatic heterocycles. The molecule has 1 N–H and O–H groups in total. The molecule has 2 unspecified atom stereocenters. The number of nitrogens with zero attached hydrogens (tertiary/aromatic N) is 2. The zero-order valence-electron chi connectivity index (χ0n) is 10.8. The average molecular weight is 298 g/mol. The molecule has 2 rings (SSSR count). The van der Waals surface area contributed by atoms with Crippen LogP contribution in [0.3, 0.4) is 0 Å². The van der Waals surface area contributed by atoms with Gasteiger partial charge in [-0.1, -0.05) is 18.3 Å². The Morgan fingerprint density at radius 2 is 2.20 bits per heavy atom. The number of carbonyl (C=O) groups excluding carboxylic acids is 1. The first-order chi connectivity index (χ1) is 9.41. The quantitative estimate of drug-likeness (QED) is 0.679. The van der Waals surface area contributed by atoms with Crippen molar-refractivity contribution in [3.63, 3.8) is 0 Å². The average Bonchev–Trinajstić information content (AvgIpc) is 2.86. The molecular weight excluding hydrogens is 284 g/mol. The van der Waals surface area contributed by atoms with Gasteiger partial charge in [-0.2, -0.15) is 0 Å². The van der Waals surface area contributed by atoms with Gasteiger partial charge in [0.2, 0.25) is 0 Å². The van der Waals surface area contributed by atoms with Gasteiger partial charge in [0.1, 0.15) is 6.04 Å². The SMILES string of the molecule is CC1CCCN(C(=O)c2ccc([N+](=O)[O-])s2)C1C(=O)O. The number of carboxylic acid groups (broad SMARTS) is 1. The van der Waals surface area contributed by atoms with E-state index in [4.69, 9.17) is 0 Å². The Bertz CT molecular complexity index is 556. The second kappa shape index (κ2) is 5.58. The van der Waals surface area contributed by atoms with Crippen molar-refractivity contribution in [2.45, 2.75) is 25.8 Å². The third kappa shape index (κ3) is 2.64. The lowest BCUT2D eigenvalue weighted by Gasteiger charge is -2.36. The fourth-order valence-corrected chi connectivity index (χ4v) is 3.25. The van der Waals surface area contributed by atoms with E-state index in [9.17, 15) is 24.8 Å². The molecule has 0 radical (unpaired) electrons. The Hall–Kier alpha value is -1.96. The van der Waals surface area contributed by atoms with Crippen LogP contribution in [0.2, 0.25) is 0 Å². The van der Waals surface area contributed by atoms with Crippen molar-refractivity contribution in [2.24, 2.45) is 5.92 Å². The van der Waals surface area contributed by atoms with Crippen LogP contribution < -0.4 is 0 Å². The van der Waals surface area contributed by atoms with Crippen LogP contribution in [0.1, 0.15) is 29.4 Å². The highest BCUT2D eigenvalue weighted by Gasteiger charge is 2.38. The Balaban J connectivity index is 2.25. The number of carboxylic acids is 1. The van der Waals surface area contributed by atoms with Crippen LogP contribution in [0.15, 0.2) is 12.1 Å². The fourth-order valence-electron chi connectivity index (χ4n) is 2.47. The lowest BCUT2D eigenvalue weighted by molar-refractivity contribution is -0.380. The number of hydrogen-bond acceptors (Lipinski definition) is 5. The van der Waals surface area contributed by atoms with Crippen LogP contribution in [-0.2, 0) is 4.79 Å². The molecule has 1 aromatic rings. The minimum atomic E-state index is -1.03. The van der Waals surface area contributed by atoms with Crippen molar-refractivity contribution in [2.75, 3.05) is 6.54 Å². The van der Waals surface area contributed by atoms with E-state index in [1.54, 1.807) is 6.92 Å². The standard InChI is InChI=1S/C12H14N2O5S/c1-7-3-2-6-13(10(7)12(16)17)11(15)8-4-5-9(20-8)14(18)19/h4-5,7,10H,2-3,6H2,1H3,(H,16,17). The first-order valence-electron chi connectivity index (χ1n) is 6.20. The van der Waals surface area contributed by atoms with E-state index < -0.39 is 22.8 Å². The summed E-state index contributed by atoms with van der Waals surface area (Å²) in [5.74, 6) is -1.60. The lowest BCUT2D eigenvalue weighted by atomic mass is 9.90. The van der Waals surface area contributed by atoms with Crippen LogP contribution >= 0.6 is 11.3 Å². The molecule has 0 saturated carbocycles. The lowest BCUT2D eigenvalue weighted by Crippen LogP contribution is -2.51. The predicted molar refractivity (Wildman–Crippen MR) is 71.8 cm³/mol. The van der Waals surface area contributed by atoms with Crippen molar-refractivity contribution in [1.82, 2.24) is 4.90 Å². The van der Waals surface area contributed by atoms with Crippen molar-refractivity contribution in [3.05, 3.63) is 27.1 Å². The summed E-state index contributed by atoms with van der Waals surface area (Å²) < 4.78 is 0. The van der Waals surface area contributed by atoms with E-state index in [-0.39, 0.29) is 15.8 Å². The molecule has 1 aromatic heterocycles. The van der Waals surface area contributed by atoms with Crippen LogP contribution in [0, 0.1) is 16.0 Å². The van der Waals surface area contributed by atoms with Gasteiger partial charge in [-0.3, -0.25) is 14.9 Å². The molecule has 0 aliphatic carbocycles. The number of likely N-dealkylation sites (tertiary alicyclic amines) is 1. The van der Waals surface area contributed by atoms with Gasteiger partial charge in [-0.25, -0.2) is 4.79 Å². The van der Waals surface area contributed by atoms with Crippen molar-refractivity contribution in [1.29, 1.82) is 0 Å². The zero-order chi connectivity index (χ0) is 14.9. The minimum Gasteiger partial charge on any atom is -0.480 e. The van der Waals surface area contributed by atoms with Gasteiger partial charge < -0.3 is 10.0 Å². The summed E-state index contributed by atoms with van der Waals surface area (Å²) in [6, 6.07) is 1.78. The minimum absolute atomic E-state index is 0.120. The van der Waals surface area contributed by atoms with Crippen molar-refractivity contribution in [3.8, 4) is 0 Å². The fraction of sp³-hybridized carbons (Fsp3) is 0.500. The largest absolute Gasteiger partial charge is 0.480 e. The maximum Gasteiger partial charge on any atom is 0.326 e. The summed E-state index contributed by atoms with van der Waals surface area (Å²) in [4.78, 5) is 35.3. The van der Waals surface area contributed by atoms with Gasteiger partial charge >= 0.3 is 11.0 Å². The van der Waals surface area contributed by atoms with E-state index in [0.717, 1.165) is 24.2 Å². The summed E-state index contributed by atoms with van der Waals surface area (Å²) in [7, 11) is 0. The predicted octanol–water partition coefficient (Wildman–Crippen LogP) is 1.98. The van der Waals surface area contributed by atoms with E-state index in [0.29, 0.717) is 6.54 Å². The summed E-state index contributed by atoms with van der Waals surface area (Å²) in [6.07, 6.45) is 1.50. The second-order valence-corrected chi connectivity index (χ2v) is 5.86. The van der Waals surface area contributed by atoms with Crippen LogP contribution in [0.5, 0.6) is 0 Å². The summed E-state index contributed by atoms with van der Waals surface area (Å²) in [5.41, 5.74) is 0. The maximum absolute atomic E-state index is 12.3. The highest BCUT2D eigenvalue weighted by molar-refractivity contribution is 7.17. The molecule has 0 bridgehead atoms. The Morgan fingerprint density at radius 1 is 1.50 bits per heavy atom. The number of amides is 1. The molecule has 2 atom stereocenters. The first-order valence-corrected chi connectivity index (χ1v) is 7.01. The molecular formula is C12H14N2O5S. The number of thiophene rings is 1. The van der Waals surface area contributed by atoms with Gasteiger partial charge in [0.05, 0.1) is 9.80 Å². The Labute approximate surface area is 119 Å². The molecule has 7 nitrogen and oxygen atoms in total. The van der Waals surface area contributed by atoms with Gasteiger partial charge in [-0.05, 0) is 24.8 Å². The van der Waals surface area contributed by atoms with Gasteiger partial charge in [0.15, 0.2) is 0 Å². The molecule has 108 valence electrons. The number of rotatable bonds is 3. The molecule has 2 heterocycles. The van der Waals surface area contributed by atoms with E-state index in [1.165, 1.54) is 17.0 Å². The van der Waals surface area contributed by atoms with Crippen LogP contribution in [0.4, 0.5) is 5.00 Å². The van der Waals surface area contributed by atoms with E-state index in [1.807, 2.05) is 0 Å². The molecule has 8 heteroatoms. The summed E-state index contributed by atoms with van der Waals surface area (Å²) in [5, 5.41) is 19.8. The number of aliphatic carboxylic acids is 1. The topological polar surface area (TPSA) is 101 Å². The second-order valence-electron chi connectivity index (χ2n) is 4.80. The molecule has 1 amide bonds. The normalized spacial score (nSPS) is 22.6. The smallest absolute Gasteiger partial charge is 0.326 e. The first kappa shape index (κ1) is 14.4. The molecule has 1 fully saturated rings. The van der Waals surface area contributed by atoms with Crippen molar-refractivity contribution < 1.29 is 19.6 Å².